The lowest BCUT2D eigenvalue weighted by Crippen LogP contribution is -2.09. The van der Waals surface area contributed by atoms with Gasteiger partial charge in [0, 0.05) is 11.1 Å². The molecule has 2 aromatic rings. The van der Waals surface area contributed by atoms with E-state index >= 15 is 0 Å². The maximum atomic E-state index is 13.3. The first-order chi connectivity index (χ1) is 9.68. The van der Waals surface area contributed by atoms with Gasteiger partial charge in [0.25, 0.3) is 0 Å². The van der Waals surface area contributed by atoms with Gasteiger partial charge in [-0.15, -0.1) is 0 Å². The van der Waals surface area contributed by atoms with Crippen LogP contribution in [-0.2, 0) is 6.18 Å². The summed E-state index contributed by atoms with van der Waals surface area (Å²) in [6, 6.07) is 5.57. The Bertz CT molecular complexity index is 689. The molecule has 0 spiro atoms. The van der Waals surface area contributed by atoms with E-state index < -0.39 is 17.6 Å². The molecule has 0 bridgehead atoms. The van der Waals surface area contributed by atoms with Gasteiger partial charge < -0.3 is 11.1 Å². The van der Waals surface area contributed by atoms with Gasteiger partial charge in [-0.05, 0) is 40.2 Å². The maximum absolute atomic E-state index is 13.3. The van der Waals surface area contributed by atoms with Crippen molar-refractivity contribution in [2.45, 2.75) is 6.18 Å². The van der Waals surface area contributed by atoms with E-state index in [0.29, 0.717) is 0 Å². The molecule has 0 radical (unpaired) electrons. The Balaban J connectivity index is 2.47. The fourth-order valence-electron chi connectivity index (χ4n) is 1.68. The quantitative estimate of drug-likeness (QED) is 0.524. The molecule has 2 nitrogen and oxygen atoms in total. The van der Waals surface area contributed by atoms with Crippen molar-refractivity contribution < 1.29 is 17.6 Å². The minimum atomic E-state index is -4.58. The minimum absolute atomic E-state index is 0.0150. The zero-order valence-electron chi connectivity index (χ0n) is 10.2. The summed E-state index contributed by atoms with van der Waals surface area (Å²) in [7, 11) is 0. The summed E-state index contributed by atoms with van der Waals surface area (Å²) in [5, 5.41) is 2.50. The highest BCUT2D eigenvalue weighted by Crippen LogP contribution is 2.39. The first-order valence-electron chi connectivity index (χ1n) is 5.57. The van der Waals surface area contributed by atoms with Crippen molar-refractivity contribution in [3.63, 3.8) is 0 Å². The van der Waals surface area contributed by atoms with Crippen LogP contribution in [0.3, 0.4) is 0 Å². The van der Waals surface area contributed by atoms with Crippen LogP contribution in [-0.4, -0.2) is 0 Å². The molecular weight excluding hydrogens is 376 g/mol. The molecule has 0 fully saturated rings. The molecule has 0 saturated carbocycles. The molecule has 8 heteroatoms. The zero-order valence-corrected chi connectivity index (χ0v) is 12.6. The largest absolute Gasteiger partial charge is 0.418 e. The number of hydrogen-bond acceptors (Lipinski definition) is 2. The van der Waals surface area contributed by atoms with Crippen LogP contribution in [0.2, 0.25) is 5.02 Å². The number of rotatable bonds is 2. The van der Waals surface area contributed by atoms with E-state index in [1.165, 1.54) is 18.2 Å². The van der Waals surface area contributed by atoms with E-state index in [9.17, 15) is 17.6 Å². The molecule has 3 N–H and O–H groups in total. The average Bonchev–Trinajstić information content (AvgIpc) is 2.36. The Kier molecular flexibility index (Phi) is 4.34. The van der Waals surface area contributed by atoms with E-state index in [1.807, 2.05) is 0 Å². The highest BCUT2D eigenvalue weighted by atomic mass is 79.9. The van der Waals surface area contributed by atoms with Crippen molar-refractivity contribution in [3.05, 3.63) is 51.2 Å². The summed E-state index contributed by atoms with van der Waals surface area (Å²) in [5.74, 6) is -0.606. The number of anilines is 3. The van der Waals surface area contributed by atoms with Crippen molar-refractivity contribution in [2.75, 3.05) is 11.1 Å². The molecule has 112 valence electrons. The molecule has 2 rings (SSSR count). The topological polar surface area (TPSA) is 38.0 Å². The molecule has 21 heavy (non-hydrogen) atoms. The van der Waals surface area contributed by atoms with Gasteiger partial charge in [-0.1, -0.05) is 11.6 Å². The number of alkyl halides is 3. The zero-order chi connectivity index (χ0) is 15.8. The Labute approximate surface area is 131 Å². The van der Waals surface area contributed by atoms with E-state index in [-0.39, 0.29) is 26.6 Å². The first kappa shape index (κ1) is 15.9. The van der Waals surface area contributed by atoms with Gasteiger partial charge in [0.2, 0.25) is 0 Å². The highest BCUT2D eigenvalue weighted by molar-refractivity contribution is 9.10. The molecule has 0 heterocycles. The fourth-order valence-corrected chi connectivity index (χ4v) is 2.19. The van der Waals surface area contributed by atoms with E-state index in [1.54, 1.807) is 0 Å². The third-order valence-corrected chi connectivity index (χ3v) is 3.49. The number of nitrogens with one attached hydrogen (secondary N) is 1. The minimum Gasteiger partial charge on any atom is -0.397 e. The van der Waals surface area contributed by atoms with Gasteiger partial charge in [-0.2, -0.15) is 13.2 Å². The summed E-state index contributed by atoms with van der Waals surface area (Å²) >= 11 is 8.54. The van der Waals surface area contributed by atoms with Crippen LogP contribution in [0.15, 0.2) is 34.8 Å². The number of benzene rings is 2. The van der Waals surface area contributed by atoms with Crippen molar-refractivity contribution in [2.24, 2.45) is 0 Å². The van der Waals surface area contributed by atoms with Crippen LogP contribution >= 0.6 is 27.5 Å². The molecule has 0 amide bonds. The Morgan fingerprint density at radius 1 is 1.10 bits per heavy atom. The first-order valence-corrected chi connectivity index (χ1v) is 6.74. The van der Waals surface area contributed by atoms with Gasteiger partial charge in [-0.25, -0.2) is 4.39 Å². The van der Waals surface area contributed by atoms with Crippen molar-refractivity contribution in [1.29, 1.82) is 0 Å². The van der Waals surface area contributed by atoms with Crippen LogP contribution in [0.5, 0.6) is 0 Å². The average molecular weight is 384 g/mol. The van der Waals surface area contributed by atoms with E-state index in [4.69, 9.17) is 17.3 Å². The third-order valence-electron chi connectivity index (χ3n) is 2.65. The molecular formula is C13H8BrClF4N2. The van der Waals surface area contributed by atoms with E-state index in [2.05, 4.69) is 21.2 Å². The fraction of sp³-hybridized carbons (Fsp3) is 0.0769. The van der Waals surface area contributed by atoms with Crippen LogP contribution in [0.1, 0.15) is 5.56 Å². The van der Waals surface area contributed by atoms with Crippen molar-refractivity contribution >= 4 is 44.6 Å². The molecule has 0 aliphatic carbocycles. The summed E-state index contributed by atoms with van der Waals surface area (Å²) in [5.41, 5.74) is 4.57. The third kappa shape index (κ3) is 3.59. The number of nitrogens with two attached hydrogens (primary N) is 1. The number of nitrogen functional groups attached to an aromatic ring is 1. The summed E-state index contributed by atoms with van der Waals surface area (Å²) in [4.78, 5) is 0. The predicted molar refractivity (Wildman–Crippen MR) is 78.2 cm³/mol. The van der Waals surface area contributed by atoms with Gasteiger partial charge in [0.1, 0.15) is 5.82 Å². The lowest BCUT2D eigenvalue weighted by molar-refractivity contribution is -0.136. The normalized spacial score (nSPS) is 11.5. The van der Waals surface area contributed by atoms with Gasteiger partial charge >= 0.3 is 6.18 Å². The standard InChI is InChI=1S/C13H8BrClF4N2/c14-8-4-12(10(20)5-9(8)16)21-11-2-1-6(15)3-7(11)13(17,18)19/h1-5,21H,20H2. The van der Waals surface area contributed by atoms with Crippen LogP contribution in [0, 0.1) is 5.82 Å². The van der Waals surface area contributed by atoms with Crippen LogP contribution < -0.4 is 11.1 Å². The van der Waals surface area contributed by atoms with E-state index in [0.717, 1.165) is 12.1 Å². The second kappa shape index (κ2) is 5.73. The van der Waals surface area contributed by atoms with Gasteiger partial charge in [0.05, 0.1) is 27.1 Å². The summed E-state index contributed by atoms with van der Waals surface area (Å²) in [6.07, 6.45) is -4.58. The molecule has 2 aromatic carbocycles. The lowest BCUT2D eigenvalue weighted by Gasteiger charge is -2.16. The van der Waals surface area contributed by atoms with Crippen LogP contribution in [0.4, 0.5) is 34.6 Å². The number of hydrogen-bond donors (Lipinski definition) is 2. The Morgan fingerprint density at radius 2 is 1.76 bits per heavy atom. The van der Waals surface area contributed by atoms with Gasteiger partial charge in [-0.3, -0.25) is 0 Å². The lowest BCUT2D eigenvalue weighted by atomic mass is 10.1. The molecule has 0 saturated heterocycles. The molecule has 0 aliphatic heterocycles. The monoisotopic (exact) mass is 382 g/mol. The second-order valence-corrected chi connectivity index (χ2v) is 5.46. The van der Waals surface area contributed by atoms with Crippen molar-refractivity contribution in [3.8, 4) is 0 Å². The molecule has 0 aromatic heterocycles. The second-order valence-electron chi connectivity index (χ2n) is 4.17. The molecule has 0 atom stereocenters. The SMILES string of the molecule is Nc1cc(F)c(Br)cc1Nc1ccc(Cl)cc1C(F)(F)F. The molecule has 0 aliphatic rings. The van der Waals surface area contributed by atoms with Crippen LogP contribution in [0.25, 0.3) is 0 Å². The van der Waals surface area contributed by atoms with Gasteiger partial charge in [0.15, 0.2) is 0 Å². The maximum Gasteiger partial charge on any atom is 0.418 e. The summed E-state index contributed by atoms with van der Waals surface area (Å²) < 4.78 is 52.3. The molecule has 0 unspecified atom stereocenters. The Morgan fingerprint density at radius 3 is 2.38 bits per heavy atom. The smallest absolute Gasteiger partial charge is 0.397 e. The predicted octanol–water partition coefficient (Wildman–Crippen LogP) is 5.59. The highest BCUT2D eigenvalue weighted by Gasteiger charge is 2.34. The van der Waals surface area contributed by atoms with Crippen molar-refractivity contribution in [1.82, 2.24) is 0 Å². The Hall–Kier alpha value is -1.47. The number of halogens is 6. The summed E-state index contributed by atoms with van der Waals surface area (Å²) in [6.45, 7) is 0.